The van der Waals surface area contributed by atoms with Gasteiger partial charge < -0.3 is 19.8 Å². The van der Waals surface area contributed by atoms with E-state index < -0.39 is 24.7 Å². The van der Waals surface area contributed by atoms with Gasteiger partial charge in [0, 0.05) is 17.5 Å². The standard InChI is InChI=1S/C23H26N3O4PS/c1-13(2)12-23(3)16-8-6-5-7-15(16)20(27)19(21(23)28)22-24-17-10-9-14(26-32(4)30)11-18(17)31(29)25-22/h5-11,13,26-27,29H,12H2,1-4H3,(H,24,25). The lowest BCUT2D eigenvalue weighted by molar-refractivity contribution is -0.120. The maximum Gasteiger partial charge on any atom is 0.180 e. The second kappa shape index (κ2) is 8.43. The van der Waals surface area contributed by atoms with Crippen LogP contribution in [0.4, 0.5) is 11.4 Å². The van der Waals surface area contributed by atoms with Crippen molar-refractivity contribution in [2.75, 3.05) is 11.0 Å². The third-order valence-electron chi connectivity index (χ3n) is 5.70. The first-order valence-corrected chi connectivity index (χ1v) is 13.1. The molecule has 32 heavy (non-hydrogen) atoms. The number of ketones is 1. The number of hydrogen-bond acceptors (Lipinski definition) is 6. The van der Waals surface area contributed by atoms with Crippen molar-refractivity contribution in [3.8, 4) is 0 Å². The molecule has 2 aromatic carbocycles. The summed E-state index contributed by atoms with van der Waals surface area (Å²) in [4.78, 5) is 29.2. The molecule has 0 fully saturated rings. The Bertz CT molecular complexity index is 1190. The van der Waals surface area contributed by atoms with Gasteiger partial charge in [0.25, 0.3) is 0 Å². The lowest BCUT2D eigenvalue weighted by Gasteiger charge is -2.37. The number of amidine groups is 1. The third-order valence-corrected chi connectivity index (χ3v) is 7.47. The fraction of sp³-hybridized carbons (Fsp3) is 0.304. The molecule has 0 bridgehead atoms. The Kier molecular flexibility index (Phi) is 5.96. The lowest BCUT2D eigenvalue weighted by Crippen LogP contribution is -2.44. The van der Waals surface area contributed by atoms with E-state index in [1.54, 1.807) is 24.3 Å². The zero-order valence-electron chi connectivity index (χ0n) is 18.3. The molecule has 1 aliphatic heterocycles. The van der Waals surface area contributed by atoms with Crippen LogP contribution in [0.2, 0.25) is 0 Å². The Hall–Kier alpha value is -2.54. The van der Waals surface area contributed by atoms with Crippen molar-refractivity contribution < 1.29 is 19.0 Å². The third kappa shape index (κ3) is 3.87. The second-order valence-electron chi connectivity index (χ2n) is 8.67. The minimum atomic E-state index is -1.88. The van der Waals surface area contributed by atoms with E-state index in [0.29, 0.717) is 28.7 Å². The van der Waals surface area contributed by atoms with Gasteiger partial charge in [-0.3, -0.25) is 4.79 Å². The quantitative estimate of drug-likeness (QED) is 0.496. The summed E-state index contributed by atoms with van der Waals surface area (Å²) in [5, 5.41) is 14.6. The molecule has 0 radical (unpaired) electrons. The van der Waals surface area contributed by atoms with Crippen molar-refractivity contribution in [1.29, 1.82) is 0 Å². The van der Waals surface area contributed by atoms with Crippen molar-refractivity contribution in [3.63, 3.8) is 0 Å². The van der Waals surface area contributed by atoms with Crippen LogP contribution in [-0.2, 0) is 21.2 Å². The van der Waals surface area contributed by atoms with Gasteiger partial charge in [0.2, 0.25) is 0 Å². The molecule has 0 saturated heterocycles. The largest absolute Gasteiger partial charge is 0.506 e. The number of nitrogens with zero attached hydrogens (tertiary/aromatic N) is 1. The number of rotatable bonds is 5. The monoisotopic (exact) mass is 471 g/mol. The van der Waals surface area contributed by atoms with E-state index in [-0.39, 0.29) is 28.9 Å². The van der Waals surface area contributed by atoms with E-state index in [1.807, 2.05) is 25.1 Å². The van der Waals surface area contributed by atoms with Crippen LogP contribution >= 0.6 is 8.30 Å². The fourth-order valence-electron chi connectivity index (χ4n) is 4.48. The molecule has 1 heterocycles. The van der Waals surface area contributed by atoms with Gasteiger partial charge in [-0.2, -0.15) is 0 Å². The zero-order chi connectivity index (χ0) is 23.2. The van der Waals surface area contributed by atoms with Gasteiger partial charge in [-0.25, -0.2) is 9.20 Å². The maximum atomic E-state index is 13.8. The van der Waals surface area contributed by atoms with Crippen molar-refractivity contribution >= 4 is 53.3 Å². The normalized spacial score (nSPS) is 23.2. The molecule has 2 aliphatic rings. The minimum absolute atomic E-state index is 0.0934. The summed E-state index contributed by atoms with van der Waals surface area (Å²) in [7, 11) is -3.13. The molecule has 9 heteroatoms. The number of fused-ring (bicyclic) bond motifs is 2. The molecular weight excluding hydrogens is 445 g/mol. The average molecular weight is 472 g/mol. The SMILES string of the molecule is CC(C)CC1(C)C(=O)C(C2=Nc3ccc(NS(C)=O)cc3P(O)N2)=C(O)c2ccccc21. The van der Waals surface area contributed by atoms with Gasteiger partial charge in [0.1, 0.15) is 28.2 Å². The first-order chi connectivity index (χ1) is 15.1. The maximum absolute atomic E-state index is 13.8. The van der Waals surface area contributed by atoms with Crippen molar-refractivity contribution in [2.24, 2.45) is 10.9 Å². The smallest absolute Gasteiger partial charge is 0.180 e. The summed E-state index contributed by atoms with van der Waals surface area (Å²) in [6.45, 7) is 6.03. The molecule has 0 amide bonds. The Balaban J connectivity index is 1.85. The van der Waals surface area contributed by atoms with Gasteiger partial charge >= 0.3 is 0 Å². The van der Waals surface area contributed by atoms with Crippen LogP contribution in [0.3, 0.4) is 0 Å². The first kappa shape index (κ1) is 22.6. The predicted molar refractivity (Wildman–Crippen MR) is 131 cm³/mol. The van der Waals surface area contributed by atoms with Crippen LogP contribution in [0.25, 0.3) is 5.76 Å². The summed E-state index contributed by atoms with van der Waals surface area (Å²) in [6, 6.07) is 12.5. The summed E-state index contributed by atoms with van der Waals surface area (Å²) in [6.07, 6.45) is 2.13. The van der Waals surface area contributed by atoms with E-state index in [4.69, 9.17) is 0 Å². The van der Waals surface area contributed by atoms with E-state index >= 15 is 0 Å². The number of Topliss-reactive ketones (excluding diaryl/α,β-unsaturated/α-hetero) is 1. The summed E-state index contributed by atoms with van der Waals surface area (Å²) < 4.78 is 14.3. The van der Waals surface area contributed by atoms with E-state index in [9.17, 15) is 19.0 Å². The summed E-state index contributed by atoms with van der Waals surface area (Å²) >= 11 is 0. The molecule has 4 N–H and O–H groups in total. The summed E-state index contributed by atoms with van der Waals surface area (Å²) in [5.41, 5.74) is 1.77. The number of benzene rings is 2. The highest BCUT2D eigenvalue weighted by Gasteiger charge is 2.46. The molecule has 0 aromatic heterocycles. The molecule has 168 valence electrons. The highest BCUT2D eigenvalue weighted by Crippen LogP contribution is 2.45. The first-order valence-electron chi connectivity index (χ1n) is 10.3. The Morgan fingerprint density at radius 3 is 2.66 bits per heavy atom. The van der Waals surface area contributed by atoms with Crippen LogP contribution < -0.4 is 15.1 Å². The molecule has 4 rings (SSSR count). The molecule has 2 aromatic rings. The lowest BCUT2D eigenvalue weighted by atomic mass is 9.66. The van der Waals surface area contributed by atoms with Gasteiger partial charge in [-0.05, 0) is 43.0 Å². The molecular formula is C23H26N3O4PS. The zero-order valence-corrected chi connectivity index (χ0v) is 20.1. The molecule has 3 unspecified atom stereocenters. The number of carbonyl (C=O) groups excluding carboxylic acids is 1. The van der Waals surface area contributed by atoms with Crippen LogP contribution in [0, 0.1) is 5.92 Å². The van der Waals surface area contributed by atoms with Crippen molar-refractivity contribution in [3.05, 3.63) is 59.2 Å². The highest BCUT2D eigenvalue weighted by molar-refractivity contribution is 7.85. The second-order valence-corrected chi connectivity index (χ2v) is 11.1. The Morgan fingerprint density at radius 2 is 1.97 bits per heavy atom. The van der Waals surface area contributed by atoms with Crippen LogP contribution in [0.15, 0.2) is 53.0 Å². The van der Waals surface area contributed by atoms with E-state index in [1.165, 1.54) is 6.26 Å². The number of anilines is 1. The Morgan fingerprint density at radius 1 is 1.25 bits per heavy atom. The number of nitrogens with one attached hydrogen (secondary N) is 2. The molecule has 1 aliphatic carbocycles. The fourth-order valence-corrected chi connectivity index (χ4v) is 6.03. The summed E-state index contributed by atoms with van der Waals surface area (Å²) in [5.74, 6) is 0.0631. The topological polar surface area (TPSA) is 111 Å². The van der Waals surface area contributed by atoms with E-state index in [0.717, 1.165) is 5.56 Å². The molecule has 0 spiro atoms. The average Bonchev–Trinajstić information content (AvgIpc) is 2.72. The van der Waals surface area contributed by atoms with Gasteiger partial charge in [0.05, 0.1) is 16.4 Å². The van der Waals surface area contributed by atoms with Crippen molar-refractivity contribution in [2.45, 2.75) is 32.6 Å². The van der Waals surface area contributed by atoms with Crippen LogP contribution in [0.5, 0.6) is 0 Å². The minimum Gasteiger partial charge on any atom is -0.506 e. The molecule has 3 atom stereocenters. The van der Waals surface area contributed by atoms with Gasteiger partial charge in [0.15, 0.2) is 14.1 Å². The predicted octanol–water partition coefficient (Wildman–Crippen LogP) is 3.81. The van der Waals surface area contributed by atoms with Gasteiger partial charge in [-0.1, -0.05) is 38.1 Å². The highest BCUT2D eigenvalue weighted by atomic mass is 32.2. The number of aliphatic hydroxyl groups excluding tert-OH is 1. The van der Waals surface area contributed by atoms with Crippen LogP contribution in [0.1, 0.15) is 38.3 Å². The number of aliphatic imine (C=N–C) groups is 1. The Labute approximate surface area is 191 Å². The number of carbonyl (C=O) groups is 1. The van der Waals surface area contributed by atoms with E-state index in [2.05, 4.69) is 28.6 Å². The van der Waals surface area contributed by atoms with Gasteiger partial charge in [-0.15, -0.1) is 0 Å². The van der Waals surface area contributed by atoms with Crippen molar-refractivity contribution in [1.82, 2.24) is 5.09 Å². The number of hydrogen-bond donors (Lipinski definition) is 4. The van der Waals surface area contributed by atoms with Crippen LogP contribution in [-0.4, -0.2) is 32.1 Å². The number of aliphatic hydroxyl groups is 1. The molecule has 0 saturated carbocycles. The molecule has 7 nitrogen and oxygen atoms in total.